The average molecular weight is 330 g/mol. The Kier molecular flexibility index (Phi) is 5.95. The van der Waals surface area contributed by atoms with E-state index >= 15 is 0 Å². The Bertz CT molecular complexity index is 704. The molecule has 0 aliphatic carbocycles. The summed E-state index contributed by atoms with van der Waals surface area (Å²) >= 11 is 0. The number of aromatic nitrogens is 2. The number of amides is 1. The molecule has 0 saturated heterocycles. The molecule has 24 heavy (non-hydrogen) atoms. The van der Waals surface area contributed by atoms with Crippen molar-refractivity contribution in [1.29, 1.82) is 0 Å². The number of carbonyl (C=O) groups excluding carboxylic acids is 2. The summed E-state index contributed by atoms with van der Waals surface area (Å²) in [5, 5.41) is 17.1. The van der Waals surface area contributed by atoms with Crippen molar-refractivity contribution in [3.05, 3.63) is 41.7 Å². The molecule has 1 heterocycles. The smallest absolute Gasteiger partial charge is 0.262 e. The maximum atomic E-state index is 11.9. The van der Waals surface area contributed by atoms with E-state index in [1.54, 1.807) is 10.9 Å². The number of anilines is 1. The van der Waals surface area contributed by atoms with E-state index in [-0.39, 0.29) is 18.9 Å². The van der Waals surface area contributed by atoms with E-state index in [9.17, 15) is 14.7 Å². The summed E-state index contributed by atoms with van der Waals surface area (Å²) in [6.07, 6.45) is 3.55. The van der Waals surface area contributed by atoms with Gasteiger partial charge in [-0.3, -0.25) is 9.48 Å². The van der Waals surface area contributed by atoms with E-state index < -0.39 is 5.97 Å². The van der Waals surface area contributed by atoms with E-state index in [0.29, 0.717) is 24.4 Å². The van der Waals surface area contributed by atoms with E-state index in [1.807, 2.05) is 32.0 Å². The zero-order chi connectivity index (χ0) is 17.5. The molecule has 7 heteroatoms. The number of carboxylic acids is 1. The van der Waals surface area contributed by atoms with Crippen molar-refractivity contribution in [3.8, 4) is 5.75 Å². The minimum atomic E-state index is -1.08. The summed E-state index contributed by atoms with van der Waals surface area (Å²) in [7, 11) is 0. The van der Waals surface area contributed by atoms with Gasteiger partial charge in [0, 0.05) is 18.7 Å². The summed E-state index contributed by atoms with van der Waals surface area (Å²) in [6, 6.07) is 5.77. The van der Waals surface area contributed by atoms with E-state index in [0.717, 1.165) is 11.1 Å². The van der Waals surface area contributed by atoms with Gasteiger partial charge in [0.1, 0.15) is 5.75 Å². The van der Waals surface area contributed by atoms with Crippen LogP contribution in [0.1, 0.15) is 24.0 Å². The molecule has 1 aromatic heterocycles. The van der Waals surface area contributed by atoms with Crippen LogP contribution in [0.15, 0.2) is 30.6 Å². The van der Waals surface area contributed by atoms with E-state index in [2.05, 4.69) is 10.4 Å². The normalized spacial score (nSPS) is 10.4. The lowest BCUT2D eigenvalue weighted by Crippen LogP contribution is -2.22. The first kappa shape index (κ1) is 17.5. The molecule has 0 radical (unpaired) electrons. The number of aliphatic carboxylic acids is 1. The second-order valence-corrected chi connectivity index (χ2v) is 5.63. The van der Waals surface area contributed by atoms with Crippen molar-refractivity contribution in [1.82, 2.24) is 9.78 Å². The molecule has 7 nitrogen and oxygen atoms in total. The summed E-state index contributed by atoms with van der Waals surface area (Å²) < 4.78 is 7.06. The molecule has 1 N–H and O–H groups in total. The minimum Gasteiger partial charge on any atom is -0.550 e. The van der Waals surface area contributed by atoms with Crippen molar-refractivity contribution in [2.24, 2.45) is 0 Å². The molecule has 2 aromatic rings. The second-order valence-electron chi connectivity index (χ2n) is 5.63. The van der Waals surface area contributed by atoms with Gasteiger partial charge in [0.15, 0.2) is 6.61 Å². The predicted octanol–water partition coefficient (Wildman–Crippen LogP) is 1.05. The van der Waals surface area contributed by atoms with Gasteiger partial charge in [0.2, 0.25) is 0 Å². The Morgan fingerprint density at radius 1 is 1.25 bits per heavy atom. The topological polar surface area (TPSA) is 96.3 Å². The highest BCUT2D eigenvalue weighted by molar-refractivity contribution is 5.91. The first-order chi connectivity index (χ1) is 11.4. The van der Waals surface area contributed by atoms with Crippen LogP contribution >= 0.6 is 0 Å². The van der Waals surface area contributed by atoms with Crippen LogP contribution < -0.4 is 15.2 Å². The standard InChI is InChI=1S/C17H21N3O4/c1-12-6-13(2)8-15(7-12)24-11-16(21)19-14-9-18-20(10-14)5-3-4-17(22)23/h6-10H,3-5,11H2,1-2H3,(H,19,21)(H,22,23)/p-1. The molecule has 0 spiro atoms. The highest BCUT2D eigenvalue weighted by Gasteiger charge is 2.06. The van der Waals surface area contributed by atoms with Gasteiger partial charge < -0.3 is 20.0 Å². The molecule has 0 aliphatic heterocycles. The van der Waals surface area contributed by atoms with Crippen molar-refractivity contribution in [2.75, 3.05) is 11.9 Å². The van der Waals surface area contributed by atoms with Gasteiger partial charge in [-0.15, -0.1) is 0 Å². The monoisotopic (exact) mass is 330 g/mol. The highest BCUT2D eigenvalue weighted by atomic mass is 16.5. The maximum Gasteiger partial charge on any atom is 0.262 e. The average Bonchev–Trinajstić information content (AvgIpc) is 2.91. The van der Waals surface area contributed by atoms with Crippen LogP contribution in [0.25, 0.3) is 0 Å². The van der Waals surface area contributed by atoms with Gasteiger partial charge >= 0.3 is 0 Å². The number of nitrogens with zero attached hydrogens (tertiary/aromatic N) is 2. The van der Waals surface area contributed by atoms with Gasteiger partial charge in [-0.1, -0.05) is 6.07 Å². The lowest BCUT2D eigenvalue weighted by molar-refractivity contribution is -0.305. The van der Waals surface area contributed by atoms with Crippen LogP contribution in [0.3, 0.4) is 0 Å². The van der Waals surface area contributed by atoms with E-state index in [4.69, 9.17) is 4.74 Å². The van der Waals surface area contributed by atoms with Gasteiger partial charge in [0.25, 0.3) is 5.91 Å². The molecule has 128 valence electrons. The van der Waals surface area contributed by atoms with Gasteiger partial charge in [-0.2, -0.15) is 5.10 Å². The van der Waals surface area contributed by atoms with Crippen molar-refractivity contribution in [2.45, 2.75) is 33.2 Å². The molecular formula is C17H20N3O4-. The number of ether oxygens (including phenoxy) is 1. The number of rotatable bonds is 8. The number of hydrogen-bond acceptors (Lipinski definition) is 5. The number of hydrogen-bond donors (Lipinski definition) is 1. The Labute approximate surface area is 140 Å². The predicted molar refractivity (Wildman–Crippen MR) is 86.5 cm³/mol. The molecule has 1 amide bonds. The summed E-state index contributed by atoms with van der Waals surface area (Å²) in [5.74, 6) is -0.719. The molecule has 1 aromatic carbocycles. The van der Waals surface area contributed by atoms with Gasteiger partial charge in [-0.25, -0.2) is 0 Å². The summed E-state index contributed by atoms with van der Waals surface area (Å²) in [6.45, 7) is 4.28. The lowest BCUT2D eigenvalue weighted by atomic mass is 10.1. The Morgan fingerprint density at radius 2 is 1.96 bits per heavy atom. The van der Waals surface area contributed by atoms with Crippen LogP contribution in [-0.4, -0.2) is 28.3 Å². The zero-order valence-corrected chi connectivity index (χ0v) is 13.7. The Hall–Kier alpha value is -2.83. The Balaban J connectivity index is 1.80. The van der Waals surface area contributed by atoms with Crippen molar-refractivity contribution < 1.29 is 19.4 Å². The molecule has 2 rings (SSSR count). The molecule has 0 bridgehead atoms. The molecular weight excluding hydrogens is 310 g/mol. The fraction of sp³-hybridized carbons (Fsp3) is 0.353. The third kappa shape index (κ3) is 5.75. The summed E-state index contributed by atoms with van der Waals surface area (Å²) in [4.78, 5) is 22.3. The van der Waals surface area contributed by atoms with Gasteiger partial charge in [-0.05, 0) is 49.9 Å². The largest absolute Gasteiger partial charge is 0.550 e. The zero-order valence-electron chi connectivity index (χ0n) is 13.7. The van der Waals surface area contributed by atoms with Crippen molar-refractivity contribution in [3.63, 3.8) is 0 Å². The van der Waals surface area contributed by atoms with Crippen LogP contribution in [0.5, 0.6) is 5.75 Å². The number of carbonyl (C=O) groups is 2. The molecule has 0 aliphatic rings. The quantitative estimate of drug-likeness (QED) is 0.780. The fourth-order valence-corrected chi connectivity index (χ4v) is 2.30. The number of carboxylic acid groups (broad SMARTS) is 1. The fourth-order valence-electron chi connectivity index (χ4n) is 2.30. The maximum absolute atomic E-state index is 11.9. The minimum absolute atomic E-state index is 0.0225. The summed E-state index contributed by atoms with van der Waals surface area (Å²) in [5.41, 5.74) is 2.68. The van der Waals surface area contributed by atoms with Gasteiger partial charge in [0.05, 0.1) is 11.9 Å². The Morgan fingerprint density at radius 3 is 2.62 bits per heavy atom. The van der Waals surface area contributed by atoms with Crippen LogP contribution in [0, 0.1) is 13.8 Å². The number of aryl methyl sites for hydroxylation is 3. The second kappa shape index (κ2) is 8.14. The molecule has 0 atom stereocenters. The van der Waals surface area contributed by atoms with Crippen LogP contribution in [-0.2, 0) is 16.1 Å². The lowest BCUT2D eigenvalue weighted by Gasteiger charge is -2.08. The molecule has 0 saturated carbocycles. The first-order valence-corrected chi connectivity index (χ1v) is 7.65. The third-order valence-electron chi connectivity index (χ3n) is 3.25. The van der Waals surface area contributed by atoms with E-state index in [1.165, 1.54) is 6.20 Å². The highest BCUT2D eigenvalue weighted by Crippen LogP contribution is 2.16. The third-order valence-corrected chi connectivity index (χ3v) is 3.25. The molecule has 0 fully saturated rings. The number of benzene rings is 1. The first-order valence-electron chi connectivity index (χ1n) is 7.65. The van der Waals surface area contributed by atoms with Crippen LogP contribution in [0.4, 0.5) is 5.69 Å². The number of nitrogens with one attached hydrogen (secondary N) is 1. The van der Waals surface area contributed by atoms with Crippen LogP contribution in [0.2, 0.25) is 0 Å². The van der Waals surface area contributed by atoms with Crippen molar-refractivity contribution >= 4 is 17.6 Å². The SMILES string of the molecule is Cc1cc(C)cc(OCC(=O)Nc2cnn(CCCC(=O)[O-])c2)c1. The molecule has 0 unspecified atom stereocenters.